The summed E-state index contributed by atoms with van der Waals surface area (Å²) < 4.78 is 1.87. The van der Waals surface area contributed by atoms with Crippen molar-refractivity contribution in [1.29, 1.82) is 0 Å². The third kappa shape index (κ3) is 3.52. The summed E-state index contributed by atoms with van der Waals surface area (Å²) >= 11 is 0. The molecule has 0 aromatic carbocycles. The van der Waals surface area contributed by atoms with Gasteiger partial charge in [0.25, 0.3) is 0 Å². The molecule has 20 heavy (non-hydrogen) atoms. The number of aromatic nitrogens is 2. The van der Waals surface area contributed by atoms with Gasteiger partial charge >= 0.3 is 6.03 Å². The van der Waals surface area contributed by atoms with Gasteiger partial charge in [0.15, 0.2) is 0 Å². The zero-order valence-corrected chi connectivity index (χ0v) is 12.8. The van der Waals surface area contributed by atoms with Crippen LogP contribution in [-0.2, 0) is 6.54 Å². The maximum absolute atomic E-state index is 12.4. The fourth-order valence-corrected chi connectivity index (χ4v) is 2.88. The average molecular weight is 278 g/mol. The van der Waals surface area contributed by atoms with Crippen molar-refractivity contribution in [3.63, 3.8) is 0 Å². The summed E-state index contributed by atoms with van der Waals surface area (Å²) in [4.78, 5) is 14.4. The average Bonchev–Trinajstić information content (AvgIpc) is 2.86. The number of aryl methyl sites for hydroxylation is 1. The highest BCUT2D eigenvalue weighted by Gasteiger charge is 2.28. The maximum Gasteiger partial charge on any atom is 0.322 e. The number of likely N-dealkylation sites (tertiary alicyclic amines) is 1. The molecule has 5 nitrogen and oxygen atoms in total. The first kappa shape index (κ1) is 14.9. The SMILES string of the molecule is CCCn1cc(NC(=O)N2CCCC[C@@H]2C(C)C)cn1. The van der Waals surface area contributed by atoms with E-state index in [1.165, 1.54) is 6.42 Å². The van der Waals surface area contributed by atoms with Crippen molar-refractivity contribution < 1.29 is 4.79 Å². The Kier molecular flexibility index (Phi) is 5.04. The van der Waals surface area contributed by atoms with Gasteiger partial charge in [0.05, 0.1) is 11.9 Å². The first-order valence-corrected chi connectivity index (χ1v) is 7.72. The summed E-state index contributed by atoms with van der Waals surface area (Å²) in [6.45, 7) is 8.23. The van der Waals surface area contributed by atoms with E-state index in [2.05, 4.69) is 31.2 Å². The van der Waals surface area contributed by atoms with E-state index >= 15 is 0 Å². The number of carbonyl (C=O) groups is 1. The third-order valence-electron chi connectivity index (χ3n) is 3.92. The van der Waals surface area contributed by atoms with Crippen molar-refractivity contribution in [3.05, 3.63) is 12.4 Å². The van der Waals surface area contributed by atoms with E-state index in [1.54, 1.807) is 6.20 Å². The van der Waals surface area contributed by atoms with E-state index in [0.717, 1.165) is 38.0 Å². The van der Waals surface area contributed by atoms with E-state index in [4.69, 9.17) is 0 Å². The topological polar surface area (TPSA) is 50.2 Å². The zero-order valence-electron chi connectivity index (χ0n) is 12.8. The van der Waals surface area contributed by atoms with Gasteiger partial charge < -0.3 is 10.2 Å². The highest BCUT2D eigenvalue weighted by atomic mass is 16.2. The fraction of sp³-hybridized carbons (Fsp3) is 0.733. The molecule has 2 heterocycles. The second kappa shape index (κ2) is 6.77. The second-order valence-electron chi connectivity index (χ2n) is 5.92. The first-order chi connectivity index (χ1) is 9.61. The van der Waals surface area contributed by atoms with E-state index in [1.807, 2.05) is 15.8 Å². The molecule has 1 atom stereocenters. The number of hydrogen-bond donors (Lipinski definition) is 1. The van der Waals surface area contributed by atoms with Crippen LogP contribution in [0.3, 0.4) is 0 Å². The molecule has 0 unspecified atom stereocenters. The highest BCUT2D eigenvalue weighted by Crippen LogP contribution is 2.23. The summed E-state index contributed by atoms with van der Waals surface area (Å²) in [5.74, 6) is 0.504. The first-order valence-electron chi connectivity index (χ1n) is 7.72. The van der Waals surface area contributed by atoms with E-state index in [-0.39, 0.29) is 6.03 Å². The van der Waals surface area contributed by atoms with Gasteiger partial charge in [-0.2, -0.15) is 5.10 Å². The van der Waals surface area contributed by atoms with Crippen LogP contribution in [0.2, 0.25) is 0 Å². The molecule has 0 aliphatic carbocycles. The summed E-state index contributed by atoms with van der Waals surface area (Å²) in [5.41, 5.74) is 0.788. The maximum atomic E-state index is 12.4. The lowest BCUT2D eigenvalue weighted by atomic mass is 9.93. The van der Waals surface area contributed by atoms with Gasteiger partial charge in [0.2, 0.25) is 0 Å². The molecule has 112 valence electrons. The molecule has 1 saturated heterocycles. The Morgan fingerprint density at radius 2 is 2.30 bits per heavy atom. The molecule has 1 aromatic rings. The number of carbonyl (C=O) groups excluding carboxylic acids is 1. The minimum absolute atomic E-state index is 0.0134. The Bertz CT molecular complexity index is 441. The minimum atomic E-state index is 0.0134. The van der Waals surface area contributed by atoms with Crippen LogP contribution in [0, 0.1) is 5.92 Å². The van der Waals surface area contributed by atoms with Gasteiger partial charge in [-0.15, -0.1) is 0 Å². The largest absolute Gasteiger partial charge is 0.322 e. The van der Waals surface area contributed by atoms with Crippen molar-refractivity contribution in [3.8, 4) is 0 Å². The molecule has 0 bridgehead atoms. The Labute approximate surface area is 121 Å². The number of piperidine rings is 1. The standard InChI is InChI=1S/C15H26N4O/c1-4-8-18-11-13(10-16-18)17-15(20)19-9-6-5-7-14(19)12(2)3/h10-12,14H,4-9H2,1-3H3,(H,17,20)/t14-/m1/s1. The third-order valence-corrected chi connectivity index (χ3v) is 3.92. The molecular formula is C15H26N4O. The monoisotopic (exact) mass is 278 g/mol. The van der Waals surface area contributed by atoms with Crippen molar-refractivity contribution in [1.82, 2.24) is 14.7 Å². The van der Waals surface area contributed by atoms with Crippen LogP contribution < -0.4 is 5.32 Å². The van der Waals surface area contributed by atoms with Crippen molar-refractivity contribution in [2.24, 2.45) is 5.92 Å². The Hall–Kier alpha value is -1.52. The minimum Gasteiger partial charge on any atom is -0.321 e. The molecule has 2 rings (SSSR count). The molecule has 0 spiro atoms. The van der Waals surface area contributed by atoms with Crippen LogP contribution >= 0.6 is 0 Å². The van der Waals surface area contributed by atoms with Crippen molar-refractivity contribution in [2.75, 3.05) is 11.9 Å². The predicted octanol–water partition coefficient (Wildman–Crippen LogP) is 3.34. The number of rotatable bonds is 4. The smallest absolute Gasteiger partial charge is 0.321 e. The number of nitrogens with zero attached hydrogens (tertiary/aromatic N) is 3. The van der Waals surface area contributed by atoms with Gasteiger partial charge in [0.1, 0.15) is 0 Å². The molecule has 2 amide bonds. The van der Waals surface area contributed by atoms with Gasteiger partial charge in [-0.05, 0) is 31.6 Å². The highest BCUT2D eigenvalue weighted by molar-refractivity contribution is 5.89. The lowest BCUT2D eigenvalue weighted by Crippen LogP contribution is -2.48. The van der Waals surface area contributed by atoms with Gasteiger partial charge in [0, 0.05) is 25.3 Å². The number of urea groups is 1. The van der Waals surface area contributed by atoms with Crippen LogP contribution in [0.25, 0.3) is 0 Å². The van der Waals surface area contributed by atoms with Crippen molar-refractivity contribution in [2.45, 2.75) is 59.0 Å². The number of hydrogen-bond acceptors (Lipinski definition) is 2. The Morgan fingerprint density at radius 3 is 3.00 bits per heavy atom. The lowest BCUT2D eigenvalue weighted by Gasteiger charge is -2.38. The molecule has 1 aliphatic heterocycles. The summed E-state index contributed by atoms with van der Waals surface area (Å²) in [6, 6.07) is 0.369. The quantitative estimate of drug-likeness (QED) is 0.918. The number of nitrogens with one attached hydrogen (secondary N) is 1. The van der Waals surface area contributed by atoms with Crippen LogP contribution in [-0.4, -0.2) is 33.3 Å². The molecule has 1 aliphatic rings. The van der Waals surface area contributed by atoms with Crippen LogP contribution in [0.15, 0.2) is 12.4 Å². The van der Waals surface area contributed by atoms with Gasteiger partial charge in [-0.3, -0.25) is 4.68 Å². The van der Waals surface area contributed by atoms with E-state index in [9.17, 15) is 4.79 Å². The van der Waals surface area contributed by atoms with Crippen LogP contribution in [0.1, 0.15) is 46.5 Å². The predicted molar refractivity (Wildman–Crippen MR) is 80.7 cm³/mol. The Morgan fingerprint density at radius 1 is 1.50 bits per heavy atom. The lowest BCUT2D eigenvalue weighted by molar-refractivity contribution is 0.138. The molecule has 1 aromatic heterocycles. The molecule has 5 heteroatoms. The molecule has 1 N–H and O–H groups in total. The van der Waals surface area contributed by atoms with Gasteiger partial charge in [-0.25, -0.2) is 4.79 Å². The molecule has 0 saturated carbocycles. The fourth-order valence-electron chi connectivity index (χ4n) is 2.88. The molecular weight excluding hydrogens is 252 g/mol. The number of amides is 2. The molecule has 0 radical (unpaired) electrons. The number of anilines is 1. The Balaban J connectivity index is 1.98. The summed E-state index contributed by atoms with van der Waals surface area (Å²) in [6.07, 6.45) is 8.10. The molecule has 1 fully saturated rings. The second-order valence-corrected chi connectivity index (χ2v) is 5.92. The van der Waals surface area contributed by atoms with Crippen LogP contribution in [0.4, 0.5) is 10.5 Å². The van der Waals surface area contributed by atoms with Crippen LogP contribution in [0.5, 0.6) is 0 Å². The summed E-state index contributed by atoms with van der Waals surface area (Å²) in [5, 5.41) is 7.22. The van der Waals surface area contributed by atoms with Gasteiger partial charge in [-0.1, -0.05) is 20.8 Å². The van der Waals surface area contributed by atoms with E-state index < -0.39 is 0 Å². The van der Waals surface area contributed by atoms with Crippen molar-refractivity contribution >= 4 is 11.7 Å². The van der Waals surface area contributed by atoms with E-state index in [0.29, 0.717) is 12.0 Å². The summed E-state index contributed by atoms with van der Waals surface area (Å²) in [7, 11) is 0. The zero-order chi connectivity index (χ0) is 14.5. The normalized spacial score (nSPS) is 19.4.